The van der Waals surface area contributed by atoms with Crippen LogP contribution in [0.1, 0.15) is 11.1 Å². The van der Waals surface area contributed by atoms with Crippen LogP contribution in [-0.4, -0.2) is 43.9 Å². The van der Waals surface area contributed by atoms with Crippen LogP contribution in [0.2, 0.25) is 5.02 Å². The van der Waals surface area contributed by atoms with Crippen LogP contribution in [0.25, 0.3) is 0 Å². The average molecular weight is 388 g/mol. The van der Waals surface area contributed by atoms with Crippen LogP contribution >= 0.6 is 11.6 Å². The Kier molecular flexibility index (Phi) is 4.74. The highest BCUT2D eigenvalue weighted by molar-refractivity contribution is 6.33. The number of halogens is 1. The molecule has 1 saturated heterocycles. The summed E-state index contributed by atoms with van der Waals surface area (Å²) in [5.41, 5.74) is 4.09. The van der Waals surface area contributed by atoms with Crippen molar-refractivity contribution in [1.29, 1.82) is 0 Å². The lowest BCUT2D eigenvalue weighted by Crippen LogP contribution is -2.50. The third kappa shape index (κ3) is 3.62. The van der Waals surface area contributed by atoms with E-state index in [0.717, 1.165) is 29.4 Å². The lowest BCUT2D eigenvalue weighted by molar-refractivity contribution is 0.174. The first kappa shape index (κ1) is 17.8. The second-order valence-electron chi connectivity index (χ2n) is 6.88. The molecule has 1 fully saturated rings. The molecule has 4 rings (SSSR count). The van der Waals surface area contributed by atoms with E-state index in [-0.39, 0.29) is 12.8 Å². The summed E-state index contributed by atoms with van der Waals surface area (Å²) < 4.78 is 10.6. The smallest absolute Gasteiger partial charge is 0.321 e. The molecule has 0 bridgehead atoms. The maximum Gasteiger partial charge on any atom is 0.321 e. The number of fused-ring (bicyclic) bond motifs is 1. The first-order chi connectivity index (χ1) is 13.0. The highest BCUT2D eigenvalue weighted by atomic mass is 35.5. The fourth-order valence-electron chi connectivity index (χ4n) is 3.62. The number of hydrogen-bond donors (Lipinski definition) is 1. The molecular formula is C20H22ClN3O3. The zero-order valence-electron chi connectivity index (χ0n) is 15.4. The van der Waals surface area contributed by atoms with Gasteiger partial charge in [-0.2, -0.15) is 0 Å². The summed E-state index contributed by atoms with van der Waals surface area (Å²) in [6.45, 7) is 7.11. The Labute approximate surface area is 163 Å². The molecule has 2 aromatic rings. The number of amides is 2. The fraction of sp³-hybridized carbons (Fsp3) is 0.350. The molecular weight excluding hydrogens is 366 g/mol. The molecule has 2 aromatic carbocycles. The van der Waals surface area contributed by atoms with E-state index in [9.17, 15) is 4.79 Å². The van der Waals surface area contributed by atoms with Crippen molar-refractivity contribution in [3.63, 3.8) is 0 Å². The topological polar surface area (TPSA) is 54.0 Å². The number of nitrogens with one attached hydrogen (secondary N) is 1. The van der Waals surface area contributed by atoms with Gasteiger partial charge < -0.3 is 24.6 Å². The fourth-order valence-corrected chi connectivity index (χ4v) is 4.06. The monoisotopic (exact) mass is 387 g/mol. The molecule has 27 heavy (non-hydrogen) atoms. The predicted octanol–water partition coefficient (Wildman–Crippen LogP) is 4.04. The number of anilines is 2. The van der Waals surface area contributed by atoms with E-state index in [1.807, 2.05) is 24.0 Å². The number of hydrogen-bond acceptors (Lipinski definition) is 4. The van der Waals surface area contributed by atoms with Gasteiger partial charge in [0.2, 0.25) is 6.79 Å². The molecule has 1 N–H and O–H groups in total. The lowest BCUT2D eigenvalue weighted by Gasteiger charge is -2.37. The van der Waals surface area contributed by atoms with Crippen molar-refractivity contribution in [3.05, 3.63) is 46.5 Å². The van der Waals surface area contributed by atoms with Gasteiger partial charge in [-0.3, -0.25) is 0 Å². The van der Waals surface area contributed by atoms with Gasteiger partial charge in [0.1, 0.15) is 0 Å². The Morgan fingerprint density at radius 2 is 1.78 bits per heavy atom. The quantitative estimate of drug-likeness (QED) is 0.845. The van der Waals surface area contributed by atoms with Gasteiger partial charge in [-0.15, -0.1) is 0 Å². The number of carbonyl (C=O) groups excluding carboxylic acids is 1. The van der Waals surface area contributed by atoms with E-state index < -0.39 is 0 Å². The van der Waals surface area contributed by atoms with Crippen LogP contribution in [0.4, 0.5) is 16.2 Å². The highest BCUT2D eigenvalue weighted by Crippen LogP contribution is 2.34. The maximum absolute atomic E-state index is 12.6. The largest absolute Gasteiger partial charge is 0.454 e. The van der Waals surface area contributed by atoms with Crippen molar-refractivity contribution in [2.45, 2.75) is 13.8 Å². The number of aryl methyl sites for hydroxylation is 2. The number of piperazine rings is 1. The maximum atomic E-state index is 12.6. The highest BCUT2D eigenvalue weighted by Gasteiger charge is 2.24. The van der Waals surface area contributed by atoms with Crippen molar-refractivity contribution in [3.8, 4) is 11.5 Å². The third-order valence-electron chi connectivity index (χ3n) is 4.91. The van der Waals surface area contributed by atoms with Crippen LogP contribution in [-0.2, 0) is 0 Å². The molecule has 2 amide bonds. The van der Waals surface area contributed by atoms with Crippen LogP contribution in [0.15, 0.2) is 30.3 Å². The molecule has 2 heterocycles. The van der Waals surface area contributed by atoms with Gasteiger partial charge in [0.25, 0.3) is 0 Å². The number of ether oxygens (including phenoxy) is 2. The van der Waals surface area contributed by atoms with Crippen LogP contribution in [0.5, 0.6) is 11.5 Å². The van der Waals surface area contributed by atoms with Gasteiger partial charge in [0, 0.05) is 37.9 Å². The first-order valence-corrected chi connectivity index (χ1v) is 9.36. The zero-order chi connectivity index (χ0) is 19.0. The number of rotatable bonds is 2. The van der Waals surface area contributed by atoms with Gasteiger partial charge in [-0.05, 0) is 43.2 Å². The van der Waals surface area contributed by atoms with Crippen LogP contribution in [0, 0.1) is 13.8 Å². The Morgan fingerprint density at radius 1 is 1.04 bits per heavy atom. The third-order valence-corrected chi connectivity index (χ3v) is 5.19. The number of urea groups is 1. The Bertz CT molecular complexity index is 856. The molecule has 0 spiro atoms. The average Bonchev–Trinajstić information content (AvgIpc) is 3.09. The summed E-state index contributed by atoms with van der Waals surface area (Å²) in [6.07, 6.45) is 0. The van der Waals surface area contributed by atoms with E-state index in [1.165, 1.54) is 5.56 Å². The summed E-state index contributed by atoms with van der Waals surface area (Å²) in [5.74, 6) is 1.36. The number of benzene rings is 2. The van der Waals surface area contributed by atoms with E-state index in [1.54, 1.807) is 12.1 Å². The van der Waals surface area contributed by atoms with E-state index in [4.69, 9.17) is 21.1 Å². The summed E-state index contributed by atoms with van der Waals surface area (Å²) in [5, 5.41) is 3.70. The van der Waals surface area contributed by atoms with Crippen molar-refractivity contribution in [2.75, 3.05) is 43.2 Å². The van der Waals surface area contributed by atoms with Gasteiger partial charge >= 0.3 is 6.03 Å². The van der Waals surface area contributed by atoms with Crippen molar-refractivity contribution in [1.82, 2.24) is 4.90 Å². The molecule has 2 aliphatic rings. The predicted molar refractivity (Wildman–Crippen MR) is 106 cm³/mol. The molecule has 0 aromatic heterocycles. The molecule has 0 aliphatic carbocycles. The number of carbonyl (C=O) groups is 1. The molecule has 0 atom stereocenters. The minimum absolute atomic E-state index is 0.111. The first-order valence-electron chi connectivity index (χ1n) is 8.98. The Balaban J connectivity index is 1.38. The van der Waals surface area contributed by atoms with E-state index >= 15 is 0 Å². The van der Waals surface area contributed by atoms with Crippen LogP contribution < -0.4 is 19.7 Å². The van der Waals surface area contributed by atoms with E-state index in [0.29, 0.717) is 30.3 Å². The van der Waals surface area contributed by atoms with Crippen molar-refractivity contribution < 1.29 is 14.3 Å². The van der Waals surface area contributed by atoms with Gasteiger partial charge in [-0.25, -0.2) is 4.79 Å². The summed E-state index contributed by atoms with van der Waals surface area (Å²) in [6, 6.07) is 9.42. The normalized spacial score (nSPS) is 15.8. The second kappa shape index (κ2) is 7.19. The molecule has 2 aliphatic heterocycles. The molecule has 6 nitrogen and oxygen atoms in total. The van der Waals surface area contributed by atoms with Gasteiger partial charge in [-0.1, -0.05) is 17.7 Å². The van der Waals surface area contributed by atoms with Crippen molar-refractivity contribution in [2.24, 2.45) is 0 Å². The molecule has 142 valence electrons. The molecule has 0 radical (unpaired) electrons. The zero-order valence-corrected chi connectivity index (χ0v) is 16.2. The van der Waals surface area contributed by atoms with Crippen molar-refractivity contribution >= 4 is 29.0 Å². The molecule has 0 saturated carbocycles. The lowest BCUT2D eigenvalue weighted by atomic mass is 10.1. The SMILES string of the molecule is Cc1cc(C)c(N2CCN(C(=O)Nc3ccc4c(c3)OCO4)CC2)c(Cl)c1. The second-order valence-corrected chi connectivity index (χ2v) is 7.29. The van der Waals surface area contributed by atoms with Gasteiger partial charge in [0.15, 0.2) is 11.5 Å². The Morgan fingerprint density at radius 3 is 2.52 bits per heavy atom. The molecule has 0 unspecified atom stereocenters. The summed E-state index contributed by atoms with van der Waals surface area (Å²) in [7, 11) is 0. The minimum atomic E-state index is -0.111. The summed E-state index contributed by atoms with van der Waals surface area (Å²) >= 11 is 6.46. The van der Waals surface area contributed by atoms with E-state index in [2.05, 4.69) is 23.2 Å². The minimum Gasteiger partial charge on any atom is -0.454 e. The van der Waals surface area contributed by atoms with Gasteiger partial charge in [0.05, 0.1) is 10.7 Å². The standard InChI is InChI=1S/C20H22ClN3O3/c1-13-9-14(2)19(16(21)10-13)23-5-7-24(8-6-23)20(25)22-15-3-4-17-18(11-15)27-12-26-17/h3-4,9-11H,5-8,12H2,1-2H3,(H,22,25). The molecule has 7 heteroatoms. The van der Waals surface area contributed by atoms with Crippen LogP contribution in [0.3, 0.4) is 0 Å². The Hall–Kier alpha value is -2.60. The number of nitrogens with zero attached hydrogens (tertiary/aromatic N) is 2. The summed E-state index contributed by atoms with van der Waals surface area (Å²) in [4.78, 5) is 16.7.